The van der Waals surface area contributed by atoms with E-state index >= 15 is 0 Å². The molecule has 3 nitrogen and oxygen atoms in total. The lowest BCUT2D eigenvalue weighted by atomic mass is 9.85. The lowest BCUT2D eigenvalue weighted by Gasteiger charge is -2.25. The summed E-state index contributed by atoms with van der Waals surface area (Å²) in [5, 5.41) is 3.05. The van der Waals surface area contributed by atoms with Gasteiger partial charge in [0, 0.05) is 12.2 Å². The average Bonchev–Trinajstić information content (AvgIpc) is 2.99. The maximum atomic E-state index is 12.5. The summed E-state index contributed by atoms with van der Waals surface area (Å²) in [6, 6.07) is 8.26. The van der Waals surface area contributed by atoms with Crippen LogP contribution in [0, 0.1) is 5.41 Å². The van der Waals surface area contributed by atoms with Crippen molar-refractivity contribution in [3.05, 3.63) is 29.8 Å². The van der Waals surface area contributed by atoms with E-state index in [9.17, 15) is 4.79 Å². The monoisotopic (exact) mass is 288 g/mol. The number of carbonyl (C=O) groups excluding carboxylic acids is 1. The van der Waals surface area contributed by atoms with Crippen LogP contribution in [-0.2, 0) is 11.2 Å². The van der Waals surface area contributed by atoms with E-state index in [-0.39, 0.29) is 11.3 Å². The van der Waals surface area contributed by atoms with Crippen LogP contribution in [0.4, 0.5) is 5.69 Å². The average molecular weight is 288 g/mol. The summed E-state index contributed by atoms with van der Waals surface area (Å²) in [6.45, 7) is 2.67. The summed E-state index contributed by atoms with van der Waals surface area (Å²) >= 11 is 0. The van der Waals surface area contributed by atoms with E-state index in [1.54, 1.807) is 0 Å². The topological polar surface area (TPSA) is 55.1 Å². The molecule has 1 fully saturated rings. The Kier molecular flexibility index (Phi) is 5.80. The van der Waals surface area contributed by atoms with Crippen LogP contribution in [-0.4, -0.2) is 12.5 Å². The van der Waals surface area contributed by atoms with Crippen molar-refractivity contribution in [2.75, 3.05) is 11.9 Å². The van der Waals surface area contributed by atoms with E-state index in [1.807, 2.05) is 12.1 Å². The van der Waals surface area contributed by atoms with Crippen LogP contribution >= 0.6 is 0 Å². The molecular formula is C18H28N2O. The number of amides is 1. The Morgan fingerprint density at radius 3 is 2.43 bits per heavy atom. The Morgan fingerprint density at radius 2 is 1.86 bits per heavy atom. The van der Waals surface area contributed by atoms with Gasteiger partial charge in [0.2, 0.25) is 5.91 Å². The van der Waals surface area contributed by atoms with Crippen molar-refractivity contribution < 1.29 is 4.79 Å². The second-order valence-corrected chi connectivity index (χ2v) is 6.30. The van der Waals surface area contributed by atoms with Crippen molar-refractivity contribution in [1.29, 1.82) is 0 Å². The minimum atomic E-state index is -0.334. The Hall–Kier alpha value is -1.35. The molecule has 0 bridgehead atoms. The summed E-state index contributed by atoms with van der Waals surface area (Å²) in [6.07, 6.45) is 8.94. The molecule has 3 N–H and O–H groups in total. The van der Waals surface area contributed by atoms with Gasteiger partial charge in [-0.15, -0.1) is 0 Å². The molecule has 0 aromatic heterocycles. The summed E-state index contributed by atoms with van der Waals surface area (Å²) in [5.74, 6) is 0.0984. The molecule has 0 radical (unpaired) electrons. The van der Waals surface area contributed by atoms with E-state index in [4.69, 9.17) is 5.73 Å². The molecule has 0 spiro atoms. The Labute approximate surface area is 128 Å². The molecule has 1 amide bonds. The standard InChI is InChI=1S/C18H28N2O/c1-2-3-4-7-15-8-10-16(11-9-15)20-17(21)18(14-19)12-5-6-13-18/h8-11H,2-7,12-14,19H2,1H3,(H,20,21). The van der Waals surface area contributed by atoms with Crippen LogP contribution in [0.2, 0.25) is 0 Å². The molecule has 0 saturated heterocycles. The van der Waals surface area contributed by atoms with Gasteiger partial charge in [0.05, 0.1) is 5.41 Å². The first kappa shape index (κ1) is 16.0. The first-order valence-corrected chi connectivity index (χ1v) is 8.31. The minimum Gasteiger partial charge on any atom is -0.329 e. The van der Waals surface area contributed by atoms with Crippen LogP contribution in [0.3, 0.4) is 0 Å². The molecule has 3 heteroatoms. The molecule has 0 heterocycles. The van der Waals surface area contributed by atoms with Gasteiger partial charge >= 0.3 is 0 Å². The third-order valence-corrected chi connectivity index (χ3v) is 4.71. The molecular weight excluding hydrogens is 260 g/mol. The second kappa shape index (κ2) is 7.60. The normalized spacial score (nSPS) is 16.9. The van der Waals surface area contributed by atoms with Gasteiger partial charge in [-0.25, -0.2) is 0 Å². The number of benzene rings is 1. The maximum Gasteiger partial charge on any atom is 0.231 e. The number of carbonyl (C=O) groups is 1. The number of nitrogens with two attached hydrogens (primary N) is 1. The fourth-order valence-electron chi connectivity index (χ4n) is 3.17. The SMILES string of the molecule is CCCCCc1ccc(NC(=O)C2(CN)CCCC2)cc1. The molecule has 1 aromatic rings. The third kappa shape index (κ3) is 4.07. The van der Waals surface area contributed by atoms with Gasteiger partial charge in [-0.05, 0) is 43.4 Å². The zero-order chi connectivity index (χ0) is 15.1. The number of hydrogen-bond acceptors (Lipinski definition) is 2. The molecule has 0 unspecified atom stereocenters. The first-order chi connectivity index (χ1) is 10.2. The van der Waals surface area contributed by atoms with E-state index in [2.05, 4.69) is 24.4 Å². The first-order valence-electron chi connectivity index (χ1n) is 8.31. The van der Waals surface area contributed by atoms with Crippen molar-refractivity contribution in [3.63, 3.8) is 0 Å². The van der Waals surface area contributed by atoms with Gasteiger partial charge in [-0.2, -0.15) is 0 Å². The highest BCUT2D eigenvalue weighted by Crippen LogP contribution is 2.38. The van der Waals surface area contributed by atoms with Crippen molar-refractivity contribution >= 4 is 11.6 Å². The van der Waals surface area contributed by atoms with Gasteiger partial charge in [-0.1, -0.05) is 44.7 Å². The summed E-state index contributed by atoms with van der Waals surface area (Å²) in [7, 11) is 0. The Balaban J connectivity index is 1.92. The van der Waals surface area contributed by atoms with E-state index in [0.717, 1.165) is 37.8 Å². The lowest BCUT2D eigenvalue weighted by Crippen LogP contribution is -2.40. The smallest absolute Gasteiger partial charge is 0.231 e. The minimum absolute atomic E-state index is 0.0984. The van der Waals surface area contributed by atoms with Crippen LogP contribution in [0.1, 0.15) is 57.4 Å². The van der Waals surface area contributed by atoms with Crippen LogP contribution in [0.15, 0.2) is 24.3 Å². The molecule has 116 valence electrons. The number of unbranched alkanes of at least 4 members (excludes halogenated alkanes) is 2. The van der Waals surface area contributed by atoms with Gasteiger partial charge in [0.1, 0.15) is 0 Å². The Morgan fingerprint density at radius 1 is 1.19 bits per heavy atom. The summed E-state index contributed by atoms with van der Waals surface area (Å²) in [4.78, 5) is 12.5. The number of rotatable bonds is 7. The molecule has 2 rings (SSSR count). The van der Waals surface area contributed by atoms with Crippen molar-refractivity contribution in [2.45, 2.75) is 58.3 Å². The predicted octanol–water partition coefficient (Wildman–Crippen LogP) is 3.88. The predicted molar refractivity (Wildman–Crippen MR) is 88.3 cm³/mol. The number of anilines is 1. The van der Waals surface area contributed by atoms with Crippen molar-refractivity contribution in [1.82, 2.24) is 0 Å². The number of nitrogens with one attached hydrogen (secondary N) is 1. The summed E-state index contributed by atoms with van der Waals surface area (Å²) in [5.41, 5.74) is 7.75. The van der Waals surface area contributed by atoms with Crippen LogP contribution < -0.4 is 11.1 Å². The molecule has 1 saturated carbocycles. The molecule has 0 aliphatic heterocycles. The fourth-order valence-corrected chi connectivity index (χ4v) is 3.17. The summed E-state index contributed by atoms with van der Waals surface area (Å²) < 4.78 is 0. The van der Waals surface area contributed by atoms with Crippen molar-refractivity contribution in [2.24, 2.45) is 11.1 Å². The Bertz CT molecular complexity index is 447. The van der Waals surface area contributed by atoms with Gasteiger partial charge < -0.3 is 11.1 Å². The molecule has 21 heavy (non-hydrogen) atoms. The highest BCUT2D eigenvalue weighted by atomic mass is 16.2. The lowest BCUT2D eigenvalue weighted by molar-refractivity contribution is -0.124. The quantitative estimate of drug-likeness (QED) is 0.748. The molecule has 0 atom stereocenters. The van der Waals surface area contributed by atoms with Gasteiger partial charge in [0.25, 0.3) is 0 Å². The zero-order valence-corrected chi connectivity index (χ0v) is 13.2. The second-order valence-electron chi connectivity index (χ2n) is 6.30. The highest BCUT2D eigenvalue weighted by Gasteiger charge is 2.39. The van der Waals surface area contributed by atoms with Crippen molar-refractivity contribution in [3.8, 4) is 0 Å². The van der Waals surface area contributed by atoms with E-state index < -0.39 is 0 Å². The highest BCUT2D eigenvalue weighted by molar-refractivity contribution is 5.95. The number of aryl methyl sites for hydroxylation is 1. The molecule has 1 aromatic carbocycles. The van der Waals surface area contributed by atoms with E-state index in [1.165, 1.54) is 24.8 Å². The van der Waals surface area contributed by atoms with Crippen LogP contribution in [0.5, 0.6) is 0 Å². The molecule has 1 aliphatic rings. The number of hydrogen-bond donors (Lipinski definition) is 2. The third-order valence-electron chi connectivity index (χ3n) is 4.71. The maximum absolute atomic E-state index is 12.5. The molecule has 1 aliphatic carbocycles. The van der Waals surface area contributed by atoms with Gasteiger partial charge in [-0.3, -0.25) is 4.79 Å². The van der Waals surface area contributed by atoms with E-state index in [0.29, 0.717) is 6.54 Å². The fraction of sp³-hybridized carbons (Fsp3) is 0.611. The largest absolute Gasteiger partial charge is 0.329 e. The van der Waals surface area contributed by atoms with Crippen LogP contribution in [0.25, 0.3) is 0 Å². The zero-order valence-electron chi connectivity index (χ0n) is 13.2. The van der Waals surface area contributed by atoms with Gasteiger partial charge in [0.15, 0.2) is 0 Å².